The van der Waals surface area contributed by atoms with Crippen LogP contribution in [0.5, 0.6) is 0 Å². The van der Waals surface area contributed by atoms with Crippen molar-refractivity contribution < 1.29 is 9.53 Å². The topological polar surface area (TPSA) is 38.3 Å². The van der Waals surface area contributed by atoms with Gasteiger partial charge in [-0.1, -0.05) is 58.4 Å². The van der Waals surface area contributed by atoms with Crippen LogP contribution in [0.2, 0.25) is 0 Å². The Balaban J connectivity index is 1.82. The third-order valence-corrected chi connectivity index (χ3v) is 5.85. The SMILES string of the molecule is CCOC(=O)c1cccc2c1N[C@H](c1ccccc1Br)[C@@H]1CC=C[C@@H]21. The highest BCUT2D eigenvalue weighted by molar-refractivity contribution is 9.10. The Labute approximate surface area is 156 Å². The van der Waals surface area contributed by atoms with Gasteiger partial charge in [0.25, 0.3) is 0 Å². The quantitative estimate of drug-likeness (QED) is 0.552. The van der Waals surface area contributed by atoms with E-state index in [1.54, 1.807) is 0 Å². The Morgan fingerprint density at radius 1 is 1.20 bits per heavy atom. The van der Waals surface area contributed by atoms with Crippen molar-refractivity contribution in [2.45, 2.75) is 25.3 Å². The van der Waals surface area contributed by atoms with Crippen LogP contribution < -0.4 is 5.32 Å². The molecule has 0 bridgehead atoms. The second kappa shape index (κ2) is 6.68. The third kappa shape index (κ3) is 2.78. The number of fused-ring (bicyclic) bond motifs is 3. The van der Waals surface area contributed by atoms with E-state index in [1.165, 1.54) is 11.1 Å². The molecule has 2 aromatic rings. The van der Waals surface area contributed by atoms with E-state index in [2.05, 4.69) is 57.7 Å². The third-order valence-electron chi connectivity index (χ3n) is 5.13. The number of para-hydroxylation sites is 1. The van der Waals surface area contributed by atoms with Gasteiger partial charge in [0, 0.05) is 10.4 Å². The van der Waals surface area contributed by atoms with E-state index in [4.69, 9.17) is 4.74 Å². The molecule has 2 aliphatic rings. The molecule has 1 heterocycles. The van der Waals surface area contributed by atoms with Crippen LogP contribution in [0, 0.1) is 5.92 Å². The summed E-state index contributed by atoms with van der Waals surface area (Å²) >= 11 is 3.69. The van der Waals surface area contributed by atoms with E-state index in [1.807, 2.05) is 25.1 Å². The molecule has 4 heteroatoms. The summed E-state index contributed by atoms with van der Waals surface area (Å²) in [7, 11) is 0. The van der Waals surface area contributed by atoms with E-state index in [9.17, 15) is 4.79 Å². The number of halogens is 1. The first-order chi connectivity index (χ1) is 12.2. The van der Waals surface area contributed by atoms with Gasteiger partial charge in [-0.2, -0.15) is 0 Å². The number of rotatable bonds is 3. The fourth-order valence-electron chi connectivity index (χ4n) is 4.04. The molecule has 3 nitrogen and oxygen atoms in total. The molecule has 0 unspecified atom stereocenters. The number of ether oxygens (including phenoxy) is 1. The highest BCUT2D eigenvalue weighted by atomic mass is 79.9. The van der Waals surface area contributed by atoms with Crippen LogP contribution in [0.25, 0.3) is 0 Å². The maximum absolute atomic E-state index is 12.4. The molecule has 0 spiro atoms. The molecular weight excluding hydrogens is 378 g/mol. The Morgan fingerprint density at radius 3 is 2.80 bits per heavy atom. The number of allylic oxidation sites excluding steroid dienone is 2. The molecule has 0 aromatic heterocycles. The smallest absolute Gasteiger partial charge is 0.340 e. The van der Waals surface area contributed by atoms with Gasteiger partial charge in [0.2, 0.25) is 0 Å². The maximum atomic E-state index is 12.4. The average molecular weight is 398 g/mol. The lowest BCUT2D eigenvalue weighted by Crippen LogP contribution is -2.30. The normalized spacial score (nSPS) is 23.5. The van der Waals surface area contributed by atoms with E-state index in [0.717, 1.165) is 16.6 Å². The molecule has 0 radical (unpaired) electrons. The zero-order valence-electron chi connectivity index (χ0n) is 14.0. The standard InChI is InChI=1S/C21H20BrNO2/c1-2-25-21(24)17-11-6-10-15-13-8-5-9-14(13)19(23-20(15)17)16-7-3-4-12-18(16)22/h3-8,10-14,19,23H,2,9H2,1H3/t13-,14-,19+/m1/s1. The summed E-state index contributed by atoms with van der Waals surface area (Å²) in [6, 6.07) is 14.4. The second-order valence-corrected chi connectivity index (χ2v) is 7.34. The van der Waals surface area contributed by atoms with Gasteiger partial charge in [0.1, 0.15) is 0 Å². The van der Waals surface area contributed by atoms with Gasteiger partial charge in [0.05, 0.1) is 23.9 Å². The van der Waals surface area contributed by atoms with Crippen LogP contribution in [0.1, 0.15) is 46.8 Å². The molecule has 0 saturated heterocycles. The molecule has 3 atom stereocenters. The lowest BCUT2D eigenvalue weighted by atomic mass is 9.76. The number of hydrogen-bond acceptors (Lipinski definition) is 3. The predicted octanol–water partition coefficient (Wildman–Crippen LogP) is 5.45. The van der Waals surface area contributed by atoms with Crippen molar-refractivity contribution in [3.8, 4) is 0 Å². The molecule has 0 amide bonds. The molecule has 0 saturated carbocycles. The molecule has 25 heavy (non-hydrogen) atoms. The minimum Gasteiger partial charge on any atom is -0.462 e. The molecule has 2 aromatic carbocycles. The van der Waals surface area contributed by atoms with Gasteiger partial charge >= 0.3 is 5.97 Å². The molecule has 4 rings (SSSR count). The minimum atomic E-state index is -0.266. The summed E-state index contributed by atoms with van der Waals surface area (Å²) < 4.78 is 6.36. The Bertz CT molecular complexity index is 846. The van der Waals surface area contributed by atoms with Crippen LogP contribution in [0.3, 0.4) is 0 Å². The molecule has 1 aliphatic carbocycles. The first-order valence-electron chi connectivity index (χ1n) is 8.68. The highest BCUT2D eigenvalue weighted by Gasteiger charge is 2.39. The van der Waals surface area contributed by atoms with Crippen LogP contribution in [-0.4, -0.2) is 12.6 Å². The van der Waals surface area contributed by atoms with Crippen molar-refractivity contribution in [2.75, 3.05) is 11.9 Å². The van der Waals surface area contributed by atoms with Gasteiger partial charge in [-0.15, -0.1) is 0 Å². The van der Waals surface area contributed by atoms with Crippen LogP contribution in [-0.2, 0) is 4.74 Å². The number of nitrogens with one attached hydrogen (secondary N) is 1. The van der Waals surface area contributed by atoms with Crippen LogP contribution >= 0.6 is 15.9 Å². The predicted molar refractivity (Wildman–Crippen MR) is 103 cm³/mol. The maximum Gasteiger partial charge on any atom is 0.340 e. The largest absolute Gasteiger partial charge is 0.462 e. The fraction of sp³-hybridized carbons (Fsp3) is 0.286. The number of carbonyl (C=O) groups is 1. The van der Waals surface area contributed by atoms with Crippen LogP contribution in [0.15, 0.2) is 59.1 Å². The first kappa shape index (κ1) is 16.4. The van der Waals surface area contributed by atoms with Crippen molar-refractivity contribution in [3.05, 3.63) is 75.8 Å². The van der Waals surface area contributed by atoms with Crippen LogP contribution in [0.4, 0.5) is 5.69 Å². The van der Waals surface area contributed by atoms with Crippen molar-refractivity contribution in [1.29, 1.82) is 0 Å². The zero-order chi connectivity index (χ0) is 17.4. The molecule has 0 fully saturated rings. The summed E-state index contributed by atoms with van der Waals surface area (Å²) in [5.41, 5.74) is 3.95. The first-order valence-corrected chi connectivity index (χ1v) is 9.47. The van der Waals surface area contributed by atoms with E-state index >= 15 is 0 Å². The number of benzene rings is 2. The molecule has 128 valence electrons. The van der Waals surface area contributed by atoms with Gasteiger partial charge in [0.15, 0.2) is 0 Å². The lowest BCUT2D eigenvalue weighted by Gasteiger charge is -2.38. The van der Waals surface area contributed by atoms with E-state index in [-0.39, 0.29) is 12.0 Å². The average Bonchev–Trinajstić information content (AvgIpc) is 3.11. The Kier molecular flexibility index (Phi) is 4.38. The van der Waals surface area contributed by atoms with E-state index in [0.29, 0.717) is 24.0 Å². The van der Waals surface area contributed by atoms with Crippen molar-refractivity contribution in [1.82, 2.24) is 0 Å². The summed E-state index contributed by atoms with van der Waals surface area (Å²) in [6.45, 7) is 2.21. The zero-order valence-corrected chi connectivity index (χ0v) is 15.6. The van der Waals surface area contributed by atoms with Gasteiger partial charge in [-0.05, 0) is 42.5 Å². The van der Waals surface area contributed by atoms with Crippen molar-refractivity contribution in [3.63, 3.8) is 0 Å². The molecule has 1 aliphatic heterocycles. The van der Waals surface area contributed by atoms with Crippen molar-refractivity contribution >= 4 is 27.6 Å². The monoisotopic (exact) mass is 397 g/mol. The van der Waals surface area contributed by atoms with Gasteiger partial charge in [-0.3, -0.25) is 0 Å². The molecule has 1 N–H and O–H groups in total. The number of hydrogen-bond donors (Lipinski definition) is 1. The summed E-state index contributed by atoms with van der Waals surface area (Å²) in [5, 5.41) is 3.66. The molecular formula is C21H20BrNO2. The fourth-order valence-corrected chi connectivity index (χ4v) is 4.57. The number of esters is 1. The summed E-state index contributed by atoms with van der Waals surface area (Å²) in [4.78, 5) is 12.4. The minimum absolute atomic E-state index is 0.152. The lowest BCUT2D eigenvalue weighted by molar-refractivity contribution is 0.0527. The Morgan fingerprint density at radius 2 is 2.00 bits per heavy atom. The summed E-state index contributed by atoms with van der Waals surface area (Å²) in [5.74, 6) is 0.504. The second-order valence-electron chi connectivity index (χ2n) is 6.49. The van der Waals surface area contributed by atoms with Crippen molar-refractivity contribution in [2.24, 2.45) is 5.92 Å². The Hall–Kier alpha value is -2.07. The number of anilines is 1. The number of carbonyl (C=O) groups excluding carboxylic acids is 1. The van der Waals surface area contributed by atoms with Gasteiger partial charge < -0.3 is 10.1 Å². The van der Waals surface area contributed by atoms with Gasteiger partial charge in [-0.25, -0.2) is 4.79 Å². The summed E-state index contributed by atoms with van der Waals surface area (Å²) in [6.07, 6.45) is 5.57. The van der Waals surface area contributed by atoms with E-state index < -0.39 is 0 Å². The highest BCUT2D eigenvalue weighted by Crippen LogP contribution is 2.51.